The number of imidazole rings is 1. The first-order chi connectivity index (χ1) is 8.54. The van der Waals surface area contributed by atoms with Crippen LogP contribution in [0.2, 0.25) is 0 Å². The molecule has 1 fully saturated rings. The molecular formula is C14H25N3O. The van der Waals surface area contributed by atoms with Gasteiger partial charge in [-0.15, -0.1) is 0 Å². The second-order valence-corrected chi connectivity index (χ2v) is 6.20. The van der Waals surface area contributed by atoms with Crippen LogP contribution >= 0.6 is 0 Å². The molecule has 18 heavy (non-hydrogen) atoms. The Balaban J connectivity index is 1.72. The van der Waals surface area contributed by atoms with Gasteiger partial charge in [0.25, 0.3) is 0 Å². The van der Waals surface area contributed by atoms with Crippen molar-refractivity contribution in [2.75, 3.05) is 13.2 Å². The Morgan fingerprint density at radius 3 is 2.89 bits per heavy atom. The number of aromatic nitrogens is 2. The van der Waals surface area contributed by atoms with Crippen molar-refractivity contribution in [2.45, 2.75) is 52.2 Å². The Bertz CT molecular complexity index is 363. The lowest BCUT2D eigenvalue weighted by molar-refractivity contribution is 0.116. The highest BCUT2D eigenvalue weighted by Gasteiger charge is 2.20. The van der Waals surface area contributed by atoms with Crippen LogP contribution in [0.3, 0.4) is 0 Å². The number of hydrogen-bond donors (Lipinski definition) is 1. The average Bonchev–Trinajstić information content (AvgIpc) is 3.00. The standard InChI is InChI=1S/C14H25N3O/c1-14(2,3)16-9-13-8-15-11-17(13)6-7-18-10-12-4-5-12/h8,11-12,16H,4-7,9-10H2,1-3H3. The van der Waals surface area contributed by atoms with E-state index in [9.17, 15) is 0 Å². The summed E-state index contributed by atoms with van der Waals surface area (Å²) in [6, 6.07) is 0. The van der Waals surface area contributed by atoms with E-state index < -0.39 is 0 Å². The van der Waals surface area contributed by atoms with E-state index in [4.69, 9.17) is 4.74 Å². The molecule has 1 saturated carbocycles. The van der Waals surface area contributed by atoms with E-state index in [1.165, 1.54) is 18.5 Å². The Morgan fingerprint density at radius 2 is 2.22 bits per heavy atom. The van der Waals surface area contributed by atoms with Gasteiger partial charge in [-0.2, -0.15) is 0 Å². The largest absolute Gasteiger partial charge is 0.379 e. The molecule has 1 N–H and O–H groups in total. The van der Waals surface area contributed by atoms with Crippen LogP contribution in [-0.4, -0.2) is 28.3 Å². The van der Waals surface area contributed by atoms with E-state index in [1.54, 1.807) is 0 Å². The maximum atomic E-state index is 5.66. The second-order valence-electron chi connectivity index (χ2n) is 6.20. The van der Waals surface area contributed by atoms with Crippen LogP contribution in [-0.2, 0) is 17.8 Å². The molecule has 0 atom stereocenters. The molecule has 0 spiro atoms. The molecule has 1 aromatic heterocycles. The zero-order valence-electron chi connectivity index (χ0n) is 11.8. The molecule has 1 aromatic rings. The molecule has 4 heteroatoms. The quantitative estimate of drug-likeness (QED) is 0.755. The molecule has 0 saturated heterocycles. The molecule has 0 bridgehead atoms. The van der Waals surface area contributed by atoms with Gasteiger partial charge in [-0.25, -0.2) is 4.98 Å². The zero-order valence-corrected chi connectivity index (χ0v) is 11.8. The molecule has 0 aromatic carbocycles. The van der Waals surface area contributed by atoms with E-state index in [0.29, 0.717) is 0 Å². The molecule has 1 heterocycles. The lowest BCUT2D eigenvalue weighted by atomic mass is 10.1. The number of ether oxygens (including phenoxy) is 1. The summed E-state index contributed by atoms with van der Waals surface area (Å²) >= 11 is 0. The van der Waals surface area contributed by atoms with E-state index >= 15 is 0 Å². The highest BCUT2D eigenvalue weighted by atomic mass is 16.5. The summed E-state index contributed by atoms with van der Waals surface area (Å²) in [6.45, 7) is 9.99. The van der Waals surface area contributed by atoms with Gasteiger partial charge in [0.15, 0.2) is 0 Å². The minimum absolute atomic E-state index is 0.136. The van der Waals surface area contributed by atoms with Gasteiger partial charge >= 0.3 is 0 Å². The van der Waals surface area contributed by atoms with Crippen molar-refractivity contribution in [1.82, 2.24) is 14.9 Å². The fraction of sp³-hybridized carbons (Fsp3) is 0.786. The summed E-state index contributed by atoms with van der Waals surface area (Å²) in [5.74, 6) is 0.842. The second kappa shape index (κ2) is 5.85. The van der Waals surface area contributed by atoms with Crippen LogP contribution in [0.1, 0.15) is 39.3 Å². The van der Waals surface area contributed by atoms with Crippen molar-refractivity contribution in [3.63, 3.8) is 0 Å². The number of rotatable bonds is 7. The minimum atomic E-state index is 0.136. The third-order valence-electron chi connectivity index (χ3n) is 3.13. The molecular weight excluding hydrogens is 226 g/mol. The van der Waals surface area contributed by atoms with Crippen LogP contribution in [0.15, 0.2) is 12.5 Å². The van der Waals surface area contributed by atoms with Crippen molar-refractivity contribution in [3.8, 4) is 0 Å². The normalized spacial score (nSPS) is 16.2. The first-order valence-corrected chi connectivity index (χ1v) is 6.86. The van der Waals surface area contributed by atoms with Gasteiger partial charge in [-0.3, -0.25) is 0 Å². The van der Waals surface area contributed by atoms with Crippen LogP contribution in [0, 0.1) is 5.92 Å². The highest BCUT2D eigenvalue weighted by molar-refractivity contribution is 4.98. The van der Waals surface area contributed by atoms with Crippen LogP contribution in [0.4, 0.5) is 0 Å². The van der Waals surface area contributed by atoms with Crippen molar-refractivity contribution >= 4 is 0 Å². The summed E-state index contributed by atoms with van der Waals surface area (Å²) in [7, 11) is 0. The van der Waals surface area contributed by atoms with Crippen LogP contribution in [0.25, 0.3) is 0 Å². The summed E-state index contributed by atoms with van der Waals surface area (Å²) in [6.07, 6.45) is 6.53. The SMILES string of the molecule is CC(C)(C)NCc1cncn1CCOCC1CC1. The summed E-state index contributed by atoms with van der Waals surface area (Å²) < 4.78 is 7.83. The molecule has 0 amide bonds. The first kappa shape index (κ1) is 13.6. The molecule has 102 valence electrons. The van der Waals surface area contributed by atoms with E-state index in [-0.39, 0.29) is 5.54 Å². The molecule has 0 unspecified atom stereocenters. The molecule has 2 rings (SSSR count). The molecule has 1 aliphatic rings. The summed E-state index contributed by atoms with van der Waals surface area (Å²) in [4.78, 5) is 4.22. The number of nitrogens with zero attached hydrogens (tertiary/aromatic N) is 2. The number of hydrogen-bond acceptors (Lipinski definition) is 3. The molecule has 1 aliphatic carbocycles. The van der Waals surface area contributed by atoms with Crippen molar-refractivity contribution in [1.29, 1.82) is 0 Å². The van der Waals surface area contributed by atoms with Crippen LogP contribution in [0.5, 0.6) is 0 Å². The lowest BCUT2D eigenvalue weighted by Crippen LogP contribution is -2.35. The van der Waals surface area contributed by atoms with Gasteiger partial charge in [0, 0.05) is 31.4 Å². The predicted molar refractivity (Wildman–Crippen MR) is 72.4 cm³/mol. The minimum Gasteiger partial charge on any atom is -0.379 e. The topological polar surface area (TPSA) is 39.1 Å². The van der Waals surface area contributed by atoms with E-state index in [0.717, 1.165) is 32.2 Å². The highest BCUT2D eigenvalue weighted by Crippen LogP contribution is 2.28. The third kappa shape index (κ3) is 4.78. The van der Waals surface area contributed by atoms with Crippen molar-refractivity contribution in [3.05, 3.63) is 18.2 Å². The van der Waals surface area contributed by atoms with Crippen LogP contribution < -0.4 is 5.32 Å². The van der Waals surface area contributed by atoms with Crippen molar-refractivity contribution < 1.29 is 4.74 Å². The Kier molecular flexibility index (Phi) is 4.40. The number of nitrogens with one attached hydrogen (secondary N) is 1. The third-order valence-corrected chi connectivity index (χ3v) is 3.13. The maximum Gasteiger partial charge on any atom is 0.0949 e. The smallest absolute Gasteiger partial charge is 0.0949 e. The first-order valence-electron chi connectivity index (χ1n) is 6.86. The summed E-state index contributed by atoms with van der Waals surface area (Å²) in [5.41, 5.74) is 1.36. The Hall–Kier alpha value is -0.870. The predicted octanol–water partition coefficient (Wildman–Crippen LogP) is 2.20. The molecule has 0 aliphatic heterocycles. The lowest BCUT2D eigenvalue weighted by Gasteiger charge is -2.21. The fourth-order valence-corrected chi connectivity index (χ4v) is 1.75. The van der Waals surface area contributed by atoms with Gasteiger partial charge in [0.2, 0.25) is 0 Å². The zero-order chi connectivity index (χ0) is 13.0. The Morgan fingerprint density at radius 1 is 1.44 bits per heavy atom. The van der Waals surface area contributed by atoms with Gasteiger partial charge in [0.1, 0.15) is 0 Å². The van der Waals surface area contributed by atoms with E-state index in [2.05, 4.69) is 35.6 Å². The van der Waals surface area contributed by atoms with Gasteiger partial charge in [-0.1, -0.05) is 0 Å². The monoisotopic (exact) mass is 251 g/mol. The van der Waals surface area contributed by atoms with E-state index in [1.807, 2.05) is 12.5 Å². The summed E-state index contributed by atoms with van der Waals surface area (Å²) in [5, 5.41) is 3.48. The Labute approximate surface area is 110 Å². The fourth-order valence-electron chi connectivity index (χ4n) is 1.75. The van der Waals surface area contributed by atoms with Gasteiger partial charge < -0.3 is 14.6 Å². The molecule has 0 radical (unpaired) electrons. The van der Waals surface area contributed by atoms with Crippen molar-refractivity contribution in [2.24, 2.45) is 5.92 Å². The average molecular weight is 251 g/mol. The maximum absolute atomic E-state index is 5.66. The molecule has 4 nitrogen and oxygen atoms in total. The van der Waals surface area contributed by atoms with Gasteiger partial charge in [-0.05, 0) is 39.5 Å². The van der Waals surface area contributed by atoms with Gasteiger partial charge in [0.05, 0.1) is 18.6 Å².